The molecule has 3 rings (SSSR count). The SMILES string of the molecule is Cc1cc(-c2ccc3c(c2)C=CC3=O)cc(C)c1O. The highest BCUT2D eigenvalue weighted by atomic mass is 16.3. The number of fused-ring (bicyclic) bond motifs is 1. The van der Waals surface area contributed by atoms with Crippen LogP contribution in [0, 0.1) is 13.8 Å². The maximum Gasteiger partial charge on any atom is 0.186 e. The Morgan fingerprint density at radius 3 is 2.26 bits per heavy atom. The van der Waals surface area contributed by atoms with Crippen LogP contribution in [0.15, 0.2) is 36.4 Å². The van der Waals surface area contributed by atoms with Crippen LogP contribution in [-0.2, 0) is 0 Å². The van der Waals surface area contributed by atoms with Gasteiger partial charge in [0.15, 0.2) is 5.78 Å². The summed E-state index contributed by atoms with van der Waals surface area (Å²) in [5, 5.41) is 9.81. The second-order valence-corrected chi connectivity index (χ2v) is 4.96. The minimum atomic E-state index is 0.0691. The molecule has 0 saturated heterocycles. The van der Waals surface area contributed by atoms with Crippen LogP contribution in [0.2, 0.25) is 0 Å². The molecule has 0 spiro atoms. The summed E-state index contributed by atoms with van der Waals surface area (Å²) < 4.78 is 0. The van der Waals surface area contributed by atoms with Gasteiger partial charge in [0.1, 0.15) is 5.75 Å². The molecule has 0 aliphatic heterocycles. The van der Waals surface area contributed by atoms with E-state index in [0.717, 1.165) is 33.4 Å². The van der Waals surface area contributed by atoms with E-state index in [1.165, 1.54) is 0 Å². The molecule has 19 heavy (non-hydrogen) atoms. The molecule has 0 unspecified atom stereocenters. The van der Waals surface area contributed by atoms with Crippen molar-refractivity contribution < 1.29 is 9.90 Å². The zero-order valence-electron chi connectivity index (χ0n) is 10.9. The van der Waals surface area contributed by atoms with Gasteiger partial charge in [-0.2, -0.15) is 0 Å². The number of allylic oxidation sites excluding steroid dienone is 1. The van der Waals surface area contributed by atoms with E-state index in [1.54, 1.807) is 6.08 Å². The first kappa shape index (κ1) is 11.7. The molecule has 2 heteroatoms. The maximum absolute atomic E-state index is 11.5. The fourth-order valence-corrected chi connectivity index (χ4v) is 2.48. The highest BCUT2D eigenvalue weighted by Crippen LogP contribution is 2.31. The van der Waals surface area contributed by atoms with Gasteiger partial charge in [-0.25, -0.2) is 0 Å². The minimum absolute atomic E-state index is 0.0691. The number of hydrogen-bond acceptors (Lipinski definition) is 2. The molecule has 0 saturated carbocycles. The average Bonchev–Trinajstić information content (AvgIpc) is 2.76. The average molecular weight is 250 g/mol. The number of benzene rings is 2. The summed E-state index contributed by atoms with van der Waals surface area (Å²) in [6.07, 6.45) is 3.45. The lowest BCUT2D eigenvalue weighted by Gasteiger charge is -2.09. The van der Waals surface area contributed by atoms with Gasteiger partial charge >= 0.3 is 0 Å². The third-order valence-electron chi connectivity index (χ3n) is 3.56. The summed E-state index contributed by atoms with van der Waals surface area (Å²) in [5.74, 6) is 0.416. The molecule has 0 bridgehead atoms. The summed E-state index contributed by atoms with van der Waals surface area (Å²) in [6.45, 7) is 3.78. The number of aryl methyl sites for hydroxylation is 2. The van der Waals surface area contributed by atoms with E-state index in [4.69, 9.17) is 0 Å². The van der Waals surface area contributed by atoms with Gasteiger partial charge in [-0.1, -0.05) is 12.1 Å². The molecule has 2 aromatic carbocycles. The molecular formula is C17H14O2. The summed E-state index contributed by atoms with van der Waals surface area (Å²) in [7, 11) is 0. The molecule has 0 radical (unpaired) electrons. The zero-order chi connectivity index (χ0) is 13.6. The molecule has 1 aliphatic rings. The van der Waals surface area contributed by atoms with E-state index in [1.807, 2.05) is 50.3 Å². The monoisotopic (exact) mass is 250 g/mol. The number of carbonyl (C=O) groups excluding carboxylic acids is 1. The van der Waals surface area contributed by atoms with Crippen molar-refractivity contribution >= 4 is 11.9 Å². The summed E-state index contributed by atoms with van der Waals surface area (Å²) >= 11 is 0. The first-order chi connectivity index (χ1) is 9.06. The number of rotatable bonds is 1. The molecule has 2 nitrogen and oxygen atoms in total. The minimum Gasteiger partial charge on any atom is -0.507 e. The van der Waals surface area contributed by atoms with Crippen molar-refractivity contribution in [3.05, 3.63) is 58.7 Å². The van der Waals surface area contributed by atoms with E-state index in [-0.39, 0.29) is 5.78 Å². The first-order valence-electron chi connectivity index (χ1n) is 6.23. The number of aromatic hydroxyl groups is 1. The highest BCUT2D eigenvalue weighted by Gasteiger charge is 2.14. The lowest BCUT2D eigenvalue weighted by atomic mass is 9.97. The Morgan fingerprint density at radius 1 is 0.895 bits per heavy atom. The van der Waals surface area contributed by atoms with Gasteiger partial charge in [-0.15, -0.1) is 0 Å². The molecule has 0 aromatic heterocycles. The Labute approximate surface area is 112 Å². The van der Waals surface area contributed by atoms with E-state index in [0.29, 0.717) is 5.75 Å². The Hall–Kier alpha value is -2.35. The van der Waals surface area contributed by atoms with E-state index < -0.39 is 0 Å². The topological polar surface area (TPSA) is 37.3 Å². The number of ketones is 1. The Morgan fingerprint density at radius 2 is 1.58 bits per heavy atom. The van der Waals surface area contributed by atoms with Gasteiger partial charge in [-0.3, -0.25) is 4.79 Å². The molecule has 1 N–H and O–H groups in total. The third kappa shape index (κ3) is 1.85. The standard InChI is InChI=1S/C17H14O2/c1-10-7-14(8-11(2)17(10)19)12-3-5-15-13(9-12)4-6-16(15)18/h3-9,19H,1-2H3. The van der Waals surface area contributed by atoms with Gasteiger partial charge in [0, 0.05) is 5.56 Å². The van der Waals surface area contributed by atoms with Crippen LogP contribution in [0.4, 0.5) is 0 Å². The quantitative estimate of drug-likeness (QED) is 0.833. The Kier molecular flexibility index (Phi) is 2.53. The van der Waals surface area contributed by atoms with Gasteiger partial charge < -0.3 is 5.11 Å². The maximum atomic E-state index is 11.5. The van der Waals surface area contributed by atoms with Crippen LogP contribution in [0.5, 0.6) is 5.75 Å². The van der Waals surface area contributed by atoms with Gasteiger partial charge in [0.25, 0.3) is 0 Å². The Bertz CT molecular complexity index is 701. The molecule has 0 atom stereocenters. The largest absolute Gasteiger partial charge is 0.507 e. The van der Waals surface area contributed by atoms with Crippen molar-refractivity contribution in [2.75, 3.05) is 0 Å². The number of phenols is 1. The molecule has 0 amide bonds. The molecular weight excluding hydrogens is 236 g/mol. The molecule has 0 fully saturated rings. The van der Waals surface area contributed by atoms with Crippen LogP contribution in [0.1, 0.15) is 27.0 Å². The summed E-state index contributed by atoms with van der Waals surface area (Å²) in [4.78, 5) is 11.5. The van der Waals surface area contributed by atoms with Gasteiger partial charge in [0.05, 0.1) is 0 Å². The zero-order valence-corrected chi connectivity index (χ0v) is 10.9. The van der Waals surface area contributed by atoms with E-state index in [9.17, 15) is 9.90 Å². The molecule has 2 aromatic rings. The van der Waals surface area contributed by atoms with Crippen LogP contribution in [0.25, 0.3) is 17.2 Å². The van der Waals surface area contributed by atoms with Crippen molar-refractivity contribution in [1.82, 2.24) is 0 Å². The van der Waals surface area contributed by atoms with Gasteiger partial charge in [-0.05, 0) is 72.0 Å². The van der Waals surface area contributed by atoms with Crippen LogP contribution in [-0.4, -0.2) is 10.9 Å². The smallest absolute Gasteiger partial charge is 0.186 e. The van der Waals surface area contributed by atoms with Crippen LogP contribution >= 0.6 is 0 Å². The van der Waals surface area contributed by atoms with E-state index >= 15 is 0 Å². The predicted molar refractivity (Wildman–Crippen MR) is 76.4 cm³/mol. The Balaban J connectivity index is 2.13. The first-order valence-corrected chi connectivity index (χ1v) is 6.23. The lowest BCUT2D eigenvalue weighted by Crippen LogP contribution is -1.92. The van der Waals surface area contributed by atoms with Crippen LogP contribution < -0.4 is 0 Å². The molecule has 94 valence electrons. The van der Waals surface area contributed by atoms with Crippen molar-refractivity contribution in [3.8, 4) is 16.9 Å². The van der Waals surface area contributed by atoms with E-state index in [2.05, 4.69) is 0 Å². The van der Waals surface area contributed by atoms with Crippen molar-refractivity contribution in [3.63, 3.8) is 0 Å². The van der Waals surface area contributed by atoms with Crippen LogP contribution in [0.3, 0.4) is 0 Å². The lowest BCUT2D eigenvalue weighted by molar-refractivity contribution is 0.105. The normalized spacial score (nSPS) is 12.8. The third-order valence-corrected chi connectivity index (χ3v) is 3.56. The summed E-state index contributed by atoms with van der Waals surface area (Å²) in [6, 6.07) is 9.76. The fourth-order valence-electron chi connectivity index (χ4n) is 2.48. The second-order valence-electron chi connectivity index (χ2n) is 4.96. The predicted octanol–water partition coefficient (Wildman–Crippen LogP) is 3.89. The number of phenolic OH excluding ortho intramolecular Hbond substituents is 1. The second kappa shape index (κ2) is 4.09. The fraction of sp³-hybridized carbons (Fsp3) is 0.118. The van der Waals surface area contributed by atoms with Crippen molar-refractivity contribution in [1.29, 1.82) is 0 Å². The molecule has 1 aliphatic carbocycles. The molecule has 0 heterocycles. The van der Waals surface area contributed by atoms with Crippen molar-refractivity contribution in [2.45, 2.75) is 13.8 Å². The van der Waals surface area contributed by atoms with Crippen molar-refractivity contribution in [2.24, 2.45) is 0 Å². The number of hydrogen-bond donors (Lipinski definition) is 1. The summed E-state index contributed by atoms with van der Waals surface area (Å²) in [5.41, 5.74) is 5.57. The van der Waals surface area contributed by atoms with Gasteiger partial charge in [0.2, 0.25) is 0 Å². The number of carbonyl (C=O) groups is 1. The highest BCUT2D eigenvalue weighted by molar-refractivity contribution is 6.14.